The summed E-state index contributed by atoms with van der Waals surface area (Å²) < 4.78 is 5.89. The van der Waals surface area contributed by atoms with E-state index in [1.807, 2.05) is 60.8 Å². The van der Waals surface area contributed by atoms with E-state index in [2.05, 4.69) is 86.8 Å². The molecular weight excluding hydrogens is 791 g/mol. The molecule has 0 heterocycles. The van der Waals surface area contributed by atoms with Crippen molar-refractivity contribution in [3.63, 3.8) is 0 Å². The van der Waals surface area contributed by atoms with Crippen LogP contribution in [0.5, 0.6) is 0 Å². The number of aliphatic hydroxyl groups is 2. The summed E-state index contributed by atoms with van der Waals surface area (Å²) in [7, 11) is 0. The van der Waals surface area contributed by atoms with Gasteiger partial charge in [0.15, 0.2) is 0 Å². The minimum absolute atomic E-state index is 0.0134. The normalized spacial score (nSPS) is 14.3. The average molecular weight is 886 g/mol. The molecule has 0 radical (unpaired) electrons. The van der Waals surface area contributed by atoms with Crippen molar-refractivity contribution in [1.82, 2.24) is 5.32 Å². The van der Waals surface area contributed by atoms with Crippen LogP contribution in [-0.2, 0) is 14.3 Å². The Labute approximate surface area is 393 Å². The van der Waals surface area contributed by atoms with Crippen LogP contribution in [0.1, 0.15) is 207 Å². The number of unbranched alkanes of at least 4 members (excludes halogenated alkanes) is 17. The fourth-order valence-corrected chi connectivity index (χ4v) is 7.04. The maximum atomic E-state index is 13.2. The summed E-state index contributed by atoms with van der Waals surface area (Å²) in [6, 6.07) is -0.737. The molecule has 0 fully saturated rings. The van der Waals surface area contributed by atoms with Crippen molar-refractivity contribution in [3.8, 4) is 0 Å². The van der Waals surface area contributed by atoms with Crippen LogP contribution in [0.4, 0.5) is 0 Å². The summed E-state index contributed by atoms with van der Waals surface area (Å²) in [4.78, 5) is 26.1. The van der Waals surface area contributed by atoms with Crippen molar-refractivity contribution < 1.29 is 24.5 Å². The fourth-order valence-electron chi connectivity index (χ4n) is 7.04. The predicted octanol–water partition coefficient (Wildman–Crippen LogP) is 15.7. The molecule has 0 aliphatic carbocycles. The van der Waals surface area contributed by atoms with Crippen molar-refractivity contribution >= 4 is 11.9 Å². The zero-order valence-corrected chi connectivity index (χ0v) is 41.1. The molecule has 0 aliphatic heterocycles. The highest BCUT2D eigenvalue weighted by atomic mass is 16.5. The Morgan fingerprint density at radius 1 is 0.484 bits per heavy atom. The summed E-state index contributed by atoms with van der Waals surface area (Å²) in [5.41, 5.74) is 0. The molecular formula is C58H95NO5. The molecule has 0 rings (SSSR count). The summed E-state index contributed by atoms with van der Waals surface area (Å²) in [6.07, 6.45) is 69.7. The second kappa shape index (κ2) is 50.3. The van der Waals surface area contributed by atoms with Crippen LogP contribution >= 0.6 is 0 Å². The van der Waals surface area contributed by atoms with E-state index < -0.39 is 18.2 Å². The molecule has 6 heteroatoms. The first-order chi connectivity index (χ1) is 31.5. The van der Waals surface area contributed by atoms with Gasteiger partial charge in [0.05, 0.1) is 25.2 Å². The molecule has 0 spiro atoms. The van der Waals surface area contributed by atoms with E-state index in [1.54, 1.807) is 0 Å². The number of hydrogen-bond acceptors (Lipinski definition) is 5. The summed E-state index contributed by atoms with van der Waals surface area (Å²) in [5, 5.41) is 23.7. The second-order valence-corrected chi connectivity index (χ2v) is 17.0. The smallest absolute Gasteiger partial charge is 0.306 e. The van der Waals surface area contributed by atoms with Gasteiger partial charge >= 0.3 is 5.97 Å². The van der Waals surface area contributed by atoms with E-state index in [1.165, 1.54) is 77.0 Å². The van der Waals surface area contributed by atoms with E-state index in [0.717, 1.165) is 83.5 Å². The summed E-state index contributed by atoms with van der Waals surface area (Å²) >= 11 is 0. The number of carbonyl (C=O) groups excluding carboxylic acids is 2. The molecule has 6 nitrogen and oxygen atoms in total. The van der Waals surface area contributed by atoms with Gasteiger partial charge in [-0.3, -0.25) is 9.59 Å². The van der Waals surface area contributed by atoms with Gasteiger partial charge in [-0.15, -0.1) is 0 Å². The van der Waals surface area contributed by atoms with Gasteiger partial charge in [0.1, 0.15) is 6.10 Å². The number of esters is 1. The van der Waals surface area contributed by atoms with Crippen molar-refractivity contribution in [2.75, 3.05) is 6.61 Å². The lowest BCUT2D eigenvalue weighted by atomic mass is 10.0. The first-order valence-corrected chi connectivity index (χ1v) is 25.8. The van der Waals surface area contributed by atoms with Gasteiger partial charge in [0.2, 0.25) is 5.91 Å². The Kier molecular flexibility index (Phi) is 47.3. The molecule has 3 unspecified atom stereocenters. The van der Waals surface area contributed by atoms with Gasteiger partial charge in [-0.1, -0.05) is 232 Å². The number of carbonyl (C=O) groups is 2. The lowest BCUT2D eigenvalue weighted by Gasteiger charge is -2.24. The zero-order chi connectivity index (χ0) is 46.7. The van der Waals surface area contributed by atoms with E-state index in [0.29, 0.717) is 19.3 Å². The van der Waals surface area contributed by atoms with Crippen LogP contribution in [0.25, 0.3) is 0 Å². The lowest BCUT2D eigenvalue weighted by molar-refractivity contribution is -0.151. The number of ether oxygens (including phenoxy) is 1. The van der Waals surface area contributed by atoms with Gasteiger partial charge in [-0.05, 0) is 83.5 Å². The number of nitrogens with one attached hydrogen (secondary N) is 1. The topological polar surface area (TPSA) is 95.9 Å². The van der Waals surface area contributed by atoms with Gasteiger partial charge in [0, 0.05) is 6.42 Å². The van der Waals surface area contributed by atoms with E-state index in [-0.39, 0.29) is 24.9 Å². The molecule has 64 heavy (non-hydrogen) atoms. The molecule has 1 amide bonds. The number of allylic oxidation sites excluding steroid dienone is 20. The Morgan fingerprint density at radius 3 is 1.47 bits per heavy atom. The first kappa shape index (κ1) is 60.3. The van der Waals surface area contributed by atoms with Gasteiger partial charge < -0.3 is 20.3 Å². The molecule has 0 aromatic heterocycles. The molecule has 0 aliphatic rings. The van der Waals surface area contributed by atoms with Crippen LogP contribution in [0.2, 0.25) is 0 Å². The number of hydrogen-bond donors (Lipinski definition) is 3. The lowest BCUT2D eigenvalue weighted by Crippen LogP contribution is -2.46. The van der Waals surface area contributed by atoms with Crippen molar-refractivity contribution in [1.29, 1.82) is 0 Å². The predicted molar refractivity (Wildman–Crippen MR) is 277 cm³/mol. The minimum Gasteiger partial charge on any atom is -0.462 e. The first-order valence-electron chi connectivity index (χ1n) is 25.8. The highest BCUT2D eigenvalue weighted by Crippen LogP contribution is 2.16. The SMILES string of the molecule is CC\C=C/C=C/C=C/C=C\C=C\C=C\CCCCCC(=O)OC(CCC/C=C\C/C=C\C/C=C\C/C=C\CCCCC)CC(=O)NC(CO)C(O)CCCCCCCCCCCCC. The monoisotopic (exact) mass is 886 g/mol. The van der Waals surface area contributed by atoms with Crippen LogP contribution in [0, 0.1) is 0 Å². The van der Waals surface area contributed by atoms with Crippen LogP contribution in [0.15, 0.2) is 122 Å². The maximum Gasteiger partial charge on any atom is 0.306 e. The zero-order valence-electron chi connectivity index (χ0n) is 41.1. The van der Waals surface area contributed by atoms with Gasteiger partial charge in [0.25, 0.3) is 0 Å². The molecule has 0 saturated heterocycles. The molecule has 0 bridgehead atoms. The Balaban J connectivity index is 4.83. The molecule has 0 aromatic rings. The van der Waals surface area contributed by atoms with Crippen LogP contribution in [0.3, 0.4) is 0 Å². The molecule has 3 N–H and O–H groups in total. The minimum atomic E-state index is -0.818. The van der Waals surface area contributed by atoms with E-state index in [4.69, 9.17) is 4.74 Å². The van der Waals surface area contributed by atoms with Crippen molar-refractivity contribution in [2.45, 2.75) is 225 Å². The van der Waals surface area contributed by atoms with Crippen molar-refractivity contribution in [2.24, 2.45) is 0 Å². The van der Waals surface area contributed by atoms with E-state index in [9.17, 15) is 19.8 Å². The highest BCUT2D eigenvalue weighted by Gasteiger charge is 2.24. The Morgan fingerprint density at radius 2 is 0.922 bits per heavy atom. The average Bonchev–Trinajstić information content (AvgIpc) is 3.29. The summed E-state index contributed by atoms with van der Waals surface area (Å²) in [6.45, 7) is 6.26. The van der Waals surface area contributed by atoms with E-state index >= 15 is 0 Å². The van der Waals surface area contributed by atoms with Crippen molar-refractivity contribution in [3.05, 3.63) is 122 Å². The summed E-state index contributed by atoms with van der Waals surface area (Å²) in [5.74, 6) is -0.592. The van der Waals surface area contributed by atoms with Gasteiger partial charge in [-0.25, -0.2) is 0 Å². The Bertz CT molecular complexity index is 1360. The second-order valence-electron chi connectivity index (χ2n) is 17.0. The number of amides is 1. The number of rotatable bonds is 44. The third-order valence-electron chi connectivity index (χ3n) is 10.9. The third kappa shape index (κ3) is 44.9. The fraction of sp³-hybridized carbons (Fsp3) is 0.621. The quantitative estimate of drug-likeness (QED) is 0.0245. The maximum absolute atomic E-state index is 13.2. The highest BCUT2D eigenvalue weighted by molar-refractivity contribution is 5.77. The van der Waals surface area contributed by atoms with Crippen LogP contribution in [-0.4, -0.2) is 46.9 Å². The standard InChI is InChI=1S/C58H95NO5/c1-4-7-10-13-16-19-22-24-26-28-30-32-35-37-40-43-46-49-54(52-57(62)59-55(53-60)56(61)50-47-44-41-38-34-21-18-15-12-9-6-3)64-58(63)51-48-45-42-39-36-33-31-29-27-25-23-20-17-14-11-8-5-2/h8,11,14,16-17,19-20,23-27,29-33,36-37,40,54-56,60-61H,4-7,9-10,12-13,15,18,21-22,28,34-35,38-39,41-53H2,1-3H3,(H,59,62)/b11-8-,17-14+,19-16-,23-20+,26-24-,27-25-,31-29+,32-30-,36-33+,40-37-. The van der Waals surface area contributed by atoms with Crippen LogP contribution < -0.4 is 5.32 Å². The largest absolute Gasteiger partial charge is 0.462 e. The Hall–Kier alpha value is -3.74. The molecule has 3 atom stereocenters. The molecule has 0 saturated carbocycles. The molecule has 362 valence electrons. The third-order valence-corrected chi connectivity index (χ3v) is 10.9. The number of aliphatic hydroxyl groups excluding tert-OH is 2. The molecule has 0 aromatic carbocycles. The van der Waals surface area contributed by atoms with Gasteiger partial charge in [-0.2, -0.15) is 0 Å².